The zero-order valence-corrected chi connectivity index (χ0v) is 14.8. The molecule has 2 aromatic rings. The zero-order chi connectivity index (χ0) is 17.6. The van der Waals surface area contributed by atoms with Gasteiger partial charge in [0.05, 0.1) is 32.1 Å². The van der Waals surface area contributed by atoms with Crippen LogP contribution in [0.1, 0.15) is 17.2 Å². The molecule has 1 aliphatic heterocycles. The van der Waals surface area contributed by atoms with Crippen molar-refractivity contribution in [2.45, 2.75) is 12.2 Å². The lowest BCUT2D eigenvalue weighted by Gasteiger charge is -2.37. The van der Waals surface area contributed by atoms with E-state index in [1.165, 1.54) is 16.0 Å². The number of carbonyl (C=O) groups is 1. The molecular formula is C20H23ClFN2O+. The number of nitrogens with one attached hydrogen (secondary N) is 1. The Balaban J connectivity index is 1.77. The molecule has 1 amide bonds. The van der Waals surface area contributed by atoms with Crippen molar-refractivity contribution in [3.8, 4) is 0 Å². The molecule has 0 bridgehead atoms. The molecule has 1 fully saturated rings. The van der Waals surface area contributed by atoms with Crippen molar-refractivity contribution in [2.75, 3.05) is 32.1 Å². The molecule has 1 N–H and O–H groups in total. The summed E-state index contributed by atoms with van der Waals surface area (Å²) in [6.45, 7) is 2.69. The first kappa shape index (κ1) is 17.9. The summed E-state index contributed by atoms with van der Waals surface area (Å²) < 4.78 is 13.6. The summed E-state index contributed by atoms with van der Waals surface area (Å²) in [6, 6.07) is 21.1. The van der Waals surface area contributed by atoms with Crippen LogP contribution in [0.15, 0.2) is 60.7 Å². The highest BCUT2D eigenvalue weighted by molar-refractivity contribution is 6.19. The van der Waals surface area contributed by atoms with Gasteiger partial charge in [0.15, 0.2) is 6.17 Å². The van der Waals surface area contributed by atoms with Gasteiger partial charge in [-0.2, -0.15) is 0 Å². The number of alkyl halides is 2. The van der Waals surface area contributed by atoms with Crippen LogP contribution in [0.25, 0.3) is 0 Å². The molecule has 1 heterocycles. The fourth-order valence-electron chi connectivity index (χ4n) is 3.52. The number of rotatable bonds is 5. The Morgan fingerprint density at radius 2 is 1.48 bits per heavy atom. The first-order valence-corrected chi connectivity index (χ1v) is 9.17. The van der Waals surface area contributed by atoms with Gasteiger partial charge < -0.3 is 9.80 Å². The molecule has 132 valence electrons. The Morgan fingerprint density at radius 1 is 1.00 bits per heavy atom. The molecule has 0 aliphatic carbocycles. The highest BCUT2D eigenvalue weighted by atomic mass is 35.5. The smallest absolute Gasteiger partial charge is 0.258 e. The maximum Gasteiger partial charge on any atom is 0.258 e. The quantitative estimate of drug-likeness (QED) is 0.810. The third kappa shape index (κ3) is 4.20. The number of piperazine rings is 1. The number of nitrogens with zero attached hydrogens (tertiary/aromatic N) is 1. The molecule has 0 saturated carbocycles. The van der Waals surface area contributed by atoms with Gasteiger partial charge in [-0.25, -0.2) is 4.39 Å². The molecule has 1 aliphatic rings. The second-order valence-corrected chi connectivity index (χ2v) is 6.67. The summed E-state index contributed by atoms with van der Waals surface area (Å²) in [6.07, 6.45) is -1.60. The maximum absolute atomic E-state index is 13.6. The fourth-order valence-corrected chi connectivity index (χ4v) is 3.65. The Morgan fingerprint density at radius 3 is 1.92 bits per heavy atom. The SMILES string of the molecule is O=C([C@@H](F)CCl)N1CC[NH+](C(c2ccccc2)c2ccccc2)CC1. The third-order valence-electron chi connectivity index (χ3n) is 4.79. The van der Waals surface area contributed by atoms with E-state index < -0.39 is 12.1 Å². The van der Waals surface area contributed by atoms with Crippen LogP contribution in [0, 0.1) is 0 Å². The lowest BCUT2D eigenvalue weighted by atomic mass is 9.96. The standard InChI is InChI=1S/C20H22ClFN2O/c21-15-18(22)20(25)24-13-11-23(12-14-24)19(16-7-3-1-4-8-16)17-9-5-2-6-10-17/h1-10,18-19H,11-15H2/p+1/t18-/m0/s1. The molecule has 5 heteroatoms. The number of quaternary nitrogens is 1. The van der Waals surface area contributed by atoms with Crippen molar-refractivity contribution in [1.29, 1.82) is 0 Å². The van der Waals surface area contributed by atoms with Crippen LogP contribution in [0.3, 0.4) is 0 Å². The molecule has 3 nitrogen and oxygen atoms in total. The van der Waals surface area contributed by atoms with Gasteiger partial charge in [-0.05, 0) is 0 Å². The van der Waals surface area contributed by atoms with Crippen molar-refractivity contribution in [1.82, 2.24) is 4.90 Å². The summed E-state index contributed by atoms with van der Waals surface area (Å²) in [5, 5.41) is 0. The van der Waals surface area contributed by atoms with Gasteiger partial charge in [0, 0.05) is 11.1 Å². The molecule has 25 heavy (non-hydrogen) atoms. The molecule has 0 spiro atoms. The van der Waals surface area contributed by atoms with Crippen LogP contribution in [0.4, 0.5) is 4.39 Å². The summed E-state index contributed by atoms with van der Waals surface area (Å²) in [5.74, 6) is -0.757. The van der Waals surface area contributed by atoms with Crippen LogP contribution in [0.5, 0.6) is 0 Å². The van der Waals surface area contributed by atoms with E-state index in [9.17, 15) is 9.18 Å². The van der Waals surface area contributed by atoms with Crippen LogP contribution in [-0.4, -0.2) is 49.0 Å². The molecule has 3 rings (SSSR count). The van der Waals surface area contributed by atoms with Crippen molar-refractivity contribution >= 4 is 17.5 Å². The summed E-state index contributed by atoms with van der Waals surface area (Å²) in [5.41, 5.74) is 2.51. The average Bonchev–Trinajstić information content (AvgIpc) is 2.69. The van der Waals surface area contributed by atoms with Crippen molar-refractivity contribution < 1.29 is 14.1 Å². The Labute approximate surface area is 153 Å². The van der Waals surface area contributed by atoms with Gasteiger partial charge >= 0.3 is 0 Å². The number of carbonyl (C=O) groups excluding carboxylic acids is 1. The molecule has 0 unspecified atom stereocenters. The van der Waals surface area contributed by atoms with E-state index in [4.69, 9.17) is 11.6 Å². The summed E-state index contributed by atoms with van der Waals surface area (Å²) in [7, 11) is 0. The predicted molar refractivity (Wildman–Crippen MR) is 97.6 cm³/mol. The van der Waals surface area contributed by atoms with E-state index in [1.54, 1.807) is 4.90 Å². The maximum atomic E-state index is 13.6. The normalized spacial score (nSPS) is 16.8. The highest BCUT2D eigenvalue weighted by Crippen LogP contribution is 2.19. The second kappa shape index (κ2) is 8.45. The number of halogens is 2. The molecule has 0 aromatic heterocycles. The van der Waals surface area contributed by atoms with E-state index >= 15 is 0 Å². The van der Waals surface area contributed by atoms with Crippen molar-refractivity contribution in [2.24, 2.45) is 0 Å². The van der Waals surface area contributed by atoms with E-state index in [0.29, 0.717) is 13.1 Å². The van der Waals surface area contributed by atoms with E-state index in [1.807, 2.05) is 12.1 Å². The van der Waals surface area contributed by atoms with Gasteiger partial charge in [0.25, 0.3) is 5.91 Å². The van der Waals surface area contributed by atoms with Crippen LogP contribution in [-0.2, 0) is 4.79 Å². The van der Waals surface area contributed by atoms with E-state index in [-0.39, 0.29) is 11.9 Å². The van der Waals surface area contributed by atoms with Gasteiger partial charge in [-0.15, -0.1) is 11.6 Å². The van der Waals surface area contributed by atoms with Crippen molar-refractivity contribution in [3.05, 3.63) is 71.8 Å². The molecule has 2 aromatic carbocycles. The Hall–Kier alpha value is -1.91. The van der Waals surface area contributed by atoms with Crippen LogP contribution in [0.2, 0.25) is 0 Å². The minimum Gasteiger partial charge on any atom is -0.329 e. The van der Waals surface area contributed by atoms with Gasteiger partial charge in [0.1, 0.15) is 6.04 Å². The predicted octanol–water partition coefficient (Wildman–Crippen LogP) is 2.08. The topological polar surface area (TPSA) is 24.8 Å². The van der Waals surface area contributed by atoms with Crippen molar-refractivity contribution in [3.63, 3.8) is 0 Å². The zero-order valence-electron chi connectivity index (χ0n) is 14.1. The molecule has 1 atom stereocenters. The lowest BCUT2D eigenvalue weighted by Crippen LogP contribution is -3.15. The largest absolute Gasteiger partial charge is 0.329 e. The Kier molecular flexibility index (Phi) is 6.05. The first-order valence-electron chi connectivity index (χ1n) is 8.64. The minimum absolute atomic E-state index is 0.217. The van der Waals surface area contributed by atoms with Crippen LogP contribution < -0.4 is 4.90 Å². The third-order valence-corrected chi connectivity index (χ3v) is 5.07. The molecular weight excluding hydrogens is 339 g/mol. The van der Waals surface area contributed by atoms with E-state index in [2.05, 4.69) is 48.5 Å². The lowest BCUT2D eigenvalue weighted by molar-refractivity contribution is -0.929. The number of hydrogen-bond donors (Lipinski definition) is 1. The Bertz CT molecular complexity index is 635. The summed E-state index contributed by atoms with van der Waals surface area (Å²) >= 11 is 5.48. The second-order valence-electron chi connectivity index (χ2n) is 6.36. The summed E-state index contributed by atoms with van der Waals surface area (Å²) in [4.78, 5) is 15.0. The fraction of sp³-hybridized carbons (Fsp3) is 0.350. The number of benzene rings is 2. The van der Waals surface area contributed by atoms with Crippen LogP contribution >= 0.6 is 11.6 Å². The average molecular weight is 362 g/mol. The number of amides is 1. The minimum atomic E-state index is -1.60. The van der Waals surface area contributed by atoms with Gasteiger partial charge in [0.2, 0.25) is 0 Å². The molecule has 1 saturated heterocycles. The van der Waals surface area contributed by atoms with Gasteiger partial charge in [-0.1, -0.05) is 60.7 Å². The number of hydrogen-bond acceptors (Lipinski definition) is 1. The molecule has 0 radical (unpaired) electrons. The monoisotopic (exact) mass is 361 g/mol. The highest BCUT2D eigenvalue weighted by Gasteiger charge is 2.33. The van der Waals surface area contributed by atoms with E-state index in [0.717, 1.165) is 13.1 Å². The first-order chi connectivity index (χ1) is 12.2. The van der Waals surface area contributed by atoms with Gasteiger partial charge in [-0.3, -0.25) is 4.79 Å².